The monoisotopic (exact) mass is 365 g/mol. The number of nitro benzene ring substituents is 1. The Morgan fingerprint density at radius 3 is 2.36 bits per heavy atom. The maximum Gasteiger partial charge on any atom is 0.274 e. The molecular formula is C16H19N3O5S. The van der Waals surface area contributed by atoms with E-state index in [4.69, 9.17) is 0 Å². The van der Waals surface area contributed by atoms with E-state index in [-0.39, 0.29) is 17.1 Å². The van der Waals surface area contributed by atoms with Crippen LogP contribution < -0.4 is 5.56 Å². The lowest BCUT2D eigenvalue weighted by Gasteiger charge is -2.19. The Hall–Kier alpha value is -2.52. The molecule has 0 saturated heterocycles. The smallest absolute Gasteiger partial charge is 0.274 e. The molecule has 2 aromatic rings. The van der Waals surface area contributed by atoms with Gasteiger partial charge in [-0.25, -0.2) is 8.42 Å². The topological polar surface area (TPSA) is 103 Å². The highest BCUT2D eigenvalue weighted by Gasteiger charge is 2.22. The summed E-state index contributed by atoms with van der Waals surface area (Å²) in [5.74, 6) is 0. The van der Waals surface area contributed by atoms with E-state index in [0.29, 0.717) is 18.7 Å². The molecular weight excluding hydrogens is 346 g/mol. The molecule has 0 fully saturated rings. The van der Waals surface area contributed by atoms with E-state index in [0.717, 1.165) is 6.07 Å². The molecule has 8 nitrogen and oxygen atoms in total. The van der Waals surface area contributed by atoms with E-state index in [1.54, 1.807) is 19.9 Å². The number of rotatable bonds is 7. The minimum atomic E-state index is -3.72. The van der Waals surface area contributed by atoms with E-state index in [1.807, 2.05) is 0 Å². The second kappa shape index (κ2) is 7.58. The molecule has 0 bridgehead atoms. The van der Waals surface area contributed by atoms with Gasteiger partial charge in [-0.1, -0.05) is 32.0 Å². The number of sulfonamides is 1. The fraction of sp³-hybridized carbons (Fsp3) is 0.312. The molecule has 0 spiro atoms. The molecule has 1 aromatic carbocycles. The fourth-order valence-corrected chi connectivity index (χ4v) is 3.98. The Morgan fingerprint density at radius 2 is 1.76 bits per heavy atom. The van der Waals surface area contributed by atoms with E-state index in [1.165, 1.54) is 39.3 Å². The van der Waals surface area contributed by atoms with E-state index < -0.39 is 20.5 Å². The third-order valence-electron chi connectivity index (χ3n) is 3.83. The third-order valence-corrected chi connectivity index (χ3v) is 5.86. The van der Waals surface area contributed by atoms with Crippen LogP contribution in [0.25, 0.3) is 0 Å². The van der Waals surface area contributed by atoms with Crippen molar-refractivity contribution in [1.82, 2.24) is 8.87 Å². The van der Waals surface area contributed by atoms with Gasteiger partial charge in [0, 0.05) is 37.0 Å². The van der Waals surface area contributed by atoms with Crippen LogP contribution in [0, 0.1) is 10.1 Å². The first kappa shape index (κ1) is 18.8. The van der Waals surface area contributed by atoms with E-state index in [9.17, 15) is 23.3 Å². The average Bonchev–Trinajstić information content (AvgIpc) is 2.57. The van der Waals surface area contributed by atoms with Gasteiger partial charge in [0.2, 0.25) is 10.0 Å². The van der Waals surface area contributed by atoms with Gasteiger partial charge in [-0.3, -0.25) is 14.9 Å². The lowest BCUT2D eigenvalue weighted by Crippen LogP contribution is -2.32. The van der Waals surface area contributed by atoms with Crippen molar-refractivity contribution in [1.29, 1.82) is 0 Å². The summed E-state index contributed by atoms with van der Waals surface area (Å²) in [7, 11) is -3.72. The van der Waals surface area contributed by atoms with Crippen molar-refractivity contribution in [2.24, 2.45) is 0 Å². The minimum Gasteiger partial charge on any atom is -0.309 e. The Labute approximate surface area is 145 Å². The predicted molar refractivity (Wildman–Crippen MR) is 93.0 cm³/mol. The Kier molecular flexibility index (Phi) is 5.70. The minimum absolute atomic E-state index is 0.0191. The Balaban J connectivity index is 2.48. The Bertz CT molecular complexity index is 933. The summed E-state index contributed by atoms with van der Waals surface area (Å²) in [6.45, 7) is 3.98. The van der Waals surface area contributed by atoms with Crippen molar-refractivity contribution in [3.63, 3.8) is 0 Å². The normalized spacial score (nSPS) is 11.6. The molecule has 9 heteroatoms. The number of hydrogen-bond donors (Lipinski definition) is 0. The fourth-order valence-electron chi connectivity index (χ4n) is 2.50. The molecule has 134 valence electrons. The number of nitrogens with zero attached hydrogens (tertiary/aromatic N) is 3. The van der Waals surface area contributed by atoms with Gasteiger partial charge in [0.05, 0.1) is 16.4 Å². The number of para-hydroxylation sites is 1. The van der Waals surface area contributed by atoms with Crippen LogP contribution in [0.15, 0.2) is 52.3 Å². The number of benzene rings is 1. The molecule has 0 aliphatic carbocycles. The highest BCUT2D eigenvalue weighted by Crippen LogP contribution is 2.19. The van der Waals surface area contributed by atoms with Gasteiger partial charge in [-0.2, -0.15) is 4.31 Å². The molecule has 0 saturated carbocycles. The standard InChI is InChI=1S/C16H19N3O5S/c1-3-18(4-2)25(23,24)14-9-10-16(20)17(12-14)11-13-7-5-6-8-15(13)19(21)22/h5-10,12H,3-4,11H2,1-2H3. The van der Waals surface area contributed by atoms with Gasteiger partial charge in [-0.15, -0.1) is 0 Å². The largest absolute Gasteiger partial charge is 0.309 e. The highest BCUT2D eigenvalue weighted by molar-refractivity contribution is 7.89. The summed E-state index contributed by atoms with van der Waals surface area (Å²) >= 11 is 0. The van der Waals surface area contributed by atoms with Crippen molar-refractivity contribution in [2.75, 3.05) is 13.1 Å². The first-order valence-electron chi connectivity index (χ1n) is 7.74. The summed E-state index contributed by atoms with van der Waals surface area (Å²) < 4.78 is 27.6. The van der Waals surface area contributed by atoms with Gasteiger partial charge >= 0.3 is 0 Å². The zero-order chi connectivity index (χ0) is 18.6. The van der Waals surface area contributed by atoms with Gasteiger partial charge in [0.25, 0.3) is 11.2 Å². The van der Waals surface area contributed by atoms with Crippen LogP contribution in [-0.2, 0) is 16.6 Å². The summed E-state index contributed by atoms with van der Waals surface area (Å²) in [6, 6.07) is 8.46. The SMILES string of the molecule is CCN(CC)S(=O)(=O)c1ccc(=O)n(Cc2ccccc2[N+](=O)[O-])c1. The number of aromatic nitrogens is 1. The molecule has 0 radical (unpaired) electrons. The third kappa shape index (κ3) is 3.94. The first-order valence-corrected chi connectivity index (χ1v) is 9.18. The zero-order valence-corrected chi connectivity index (χ0v) is 14.8. The van der Waals surface area contributed by atoms with E-state index >= 15 is 0 Å². The second-order valence-electron chi connectivity index (χ2n) is 5.31. The second-order valence-corrected chi connectivity index (χ2v) is 7.24. The molecule has 0 aliphatic rings. The van der Waals surface area contributed by atoms with Crippen LogP contribution in [0.2, 0.25) is 0 Å². The quantitative estimate of drug-likeness (QED) is 0.550. The van der Waals surface area contributed by atoms with Crippen molar-refractivity contribution in [2.45, 2.75) is 25.3 Å². The maximum atomic E-state index is 12.6. The summed E-state index contributed by atoms with van der Waals surface area (Å²) in [4.78, 5) is 22.6. The summed E-state index contributed by atoms with van der Waals surface area (Å²) in [5, 5.41) is 11.1. The maximum absolute atomic E-state index is 12.6. The molecule has 1 heterocycles. The van der Waals surface area contributed by atoms with Crippen molar-refractivity contribution < 1.29 is 13.3 Å². The van der Waals surface area contributed by atoms with Gasteiger partial charge in [0.15, 0.2) is 0 Å². The van der Waals surface area contributed by atoms with Crippen molar-refractivity contribution in [3.05, 3.63) is 68.6 Å². The number of hydrogen-bond acceptors (Lipinski definition) is 5. The van der Waals surface area contributed by atoms with Crippen molar-refractivity contribution >= 4 is 15.7 Å². The van der Waals surface area contributed by atoms with Crippen LogP contribution in [0.4, 0.5) is 5.69 Å². The summed E-state index contributed by atoms with van der Waals surface area (Å²) in [6.07, 6.45) is 1.23. The molecule has 25 heavy (non-hydrogen) atoms. The van der Waals surface area contributed by atoms with Gasteiger partial charge < -0.3 is 4.57 Å². The van der Waals surface area contributed by atoms with Crippen LogP contribution in [0.1, 0.15) is 19.4 Å². The van der Waals surface area contributed by atoms with Crippen LogP contribution >= 0.6 is 0 Å². The molecule has 0 aliphatic heterocycles. The van der Waals surface area contributed by atoms with Crippen molar-refractivity contribution in [3.8, 4) is 0 Å². The molecule has 1 aromatic heterocycles. The zero-order valence-electron chi connectivity index (χ0n) is 14.0. The lowest BCUT2D eigenvalue weighted by molar-refractivity contribution is -0.385. The summed E-state index contributed by atoms with van der Waals surface area (Å²) in [5.41, 5.74) is -0.227. The predicted octanol–water partition coefficient (Wildman–Crippen LogP) is 1.84. The van der Waals surface area contributed by atoms with Gasteiger partial charge in [-0.05, 0) is 6.07 Å². The molecule has 0 unspecified atom stereocenters. The number of nitro groups is 1. The highest BCUT2D eigenvalue weighted by atomic mass is 32.2. The Morgan fingerprint density at radius 1 is 1.12 bits per heavy atom. The van der Waals surface area contributed by atoms with Gasteiger partial charge in [0.1, 0.15) is 0 Å². The van der Waals surface area contributed by atoms with Crippen LogP contribution in [0.5, 0.6) is 0 Å². The van der Waals surface area contributed by atoms with E-state index in [2.05, 4.69) is 0 Å². The molecule has 2 rings (SSSR count). The number of pyridine rings is 1. The first-order chi connectivity index (χ1) is 11.8. The molecule has 0 N–H and O–H groups in total. The molecule has 0 amide bonds. The average molecular weight is 365 g/mol. The van der Waals surface area contributed by atoms with Crippen LogP contribution in [0.3, 0.4) is 0 Å². The van der Waals surface area contributed by atoms with Crippen LogP contribution in [-0.4, -0.2) is 35.3 Å². The lowest BCUT2D eigenvalue weighted by atomic mass is 10.2. The molecule has 0 atom stereocenters.